The summed E-state index contributed by atoms with van der Waals surface area (Å²) in [6.07, 6.45) is 16.2. The van der Waals surface area contributed by atoms with Gasteiger partial charge < -0.3 is 24.1 Å². The second-order valence-electron chi connectivity index (χ2n) is 15.2. The Morgan fingerprint density at radius 3 is 2.64 bits per heavy atom. The molecule has 0 aromatic heterocycles. The van der Waals surface area contributed by atoms with Crippen LogP contribution in [-0.2, 0) is 18.9 Å². The van der Waals surface area contributed by atoms with E-state index in [9.17, 15) is 5.11 Å². The van der Waals surface area contributed by atoms with Gasteiger partial charge in [0.1, 0.15) is 11.8 Å². The summed E-state index contributed by atoms with van der Waals surface area (Å²) in [5.41, 5.74) is 1.27. The van der Waals surface area contributed by atoms with E-state index in [4.69, 9.17) is 18.9 Å². The summed E-state index contributed by atoms with van der Waals surface area (Å²) in [5.74, 6) is 2.87. The minimum absolute atomic E-state index is 0.117. The number of allylic oxidation sites excluding steroid dienone is 2. The average Bonchev–Trinajstić information content (AvgIpc) is 3.34. The highest BCUT2D eigenvalue weighted by molar-refractivity contribution is 5.24. The second kappa shape index (κ2) is 13.8. The molecule has 0 spiro atoms. The van der Waals surface area contributed by atoms with Crippen molar-refractivity contribution >= 4 is 0 Å². The van der Waals surface area contributed by atoms with Crippen LogP contribution in [-0.4, -0.2) is 55.9 Å². The van der Waals surface area contributed by atoms with Crippen molar-refractivity contribution in [1.82, 2.24) is 0 Å². The molecule has 242 valence electrons. The molecule has 1 aliphatic heterocycles. The van der Waals surface area contributed by atoms with Crippen molar-refractivity contribution in [1.29, 1.82) is 0 Å². The molecule has 4 fully saturated rings. The first-order valence-electron chi connectivity index (χ1n) is 17.6. The second-order valence-corrected chi connectivity index (χ2v) is 15.2. The minimum Gasteiger partial charge on any atom is -0.396 e. The lowest BCUT2D eigenvalue weighted by atomic mass is 9.47. The summed E-state index contributed by atoms with van der Waals surface area (Å²) >= 11 is 0. The number of ether oxygens (including phenoxy) is 4. The molecule has 0 radical (unpaired) electrons. The van der Waals surface area contributed by atoms with Gasteiger partial charge in [-0.15, -0.1) is 0 Å². The van der Waals surface area contributed by atoms with E-state index in [2.05, 4.69) is 19.9 Å². The first-order valence-corrected chi connectivity index (χ1v) is 17.6. The third kappa shape index (κ3) is 6.55. The summed E-state index contributed by atoms with van der Waals surface area (Å²) in [6, 6.07) is 0. The van der Waals surface area contributed by atoms with Crippen LogP contribution in [0.1, 0.15) is 125 Å². The number of alkyl halides is 1. The van der Waals surface area contributed by atoms with Gasteiger partial charge >= 0.3 is 0 Å². The van der Waals surface area contributed by atoms with Crippen molar-refractivity contribution in [2.75, 3.05) is 26.4 Å². The number of fused-ring (bicyclic) bond motifs is 5. The molecule has 4 unspecified atom stereocenters. The van der Waals surface area contributed by atoms with E-state index in [1.807, 2.05) is 20.8 Å². The van der Waals surface area contributed by atoms with Crippen LogP contribution in [0.4, 0.5) is 4.39 Å². The van der Waals surface area contributed by atoms with Crippen LogP contribution < -0.4 is 0 Å². The zero-order chi connectivity index (χ0) is 30.0. The van der Waals surface area contributed by atoms with Gasteiger partial charge in [-0.05, 0) is 145 Å². The van der Waals surface area contributed by atoms with Crippen molar-refractivity contribution in [2.24, 2.45) is 40.4 Å². The van der Waals surface area contributed by atoms with E-state index in [1.165, 1.54) is 51.4 Å². The molecule has 5 rings (SSSR count). The van der Waals surface area contributed by atoms with Gasteiger partial charge in [0.25, 0.3) is 0 Å². The number of hydrogen-bond acceptors (Lipinski definition) is 5. The maximum atomic E-state index is 16.3. The van der Waals surface area contributed by atoms with Gasteiger partial charge in [0.15, 0.2) is 12.6 Å². The number of rotatable bonds is 13. The lowest BCUT2D eigenvalue weighted by Gasteiger charge is -2.58. The van der Waals surface area contributed by atoms with Gasteiger partial charge in [0, 0.05) is 19.8 Å². The van der Waals surface area contributed by atoms with E-state index in [0.29, 0.717) is 37.4 Å². The Morgan fingerprint density at radius 2 is 1.90 bits per heavy atom. The normalized spacial score (nSPS) is 40.2. The van der Waals surface area contributed by atoms with Crippen molar-refractivity contribution in [3.8, 4) is 0 Å². The summed E-state index contributed by atoms with van der Waals surface area (Å²) in [6.45, 7) is 12.1. The van der Waals surface area contributed by atoms with Crippen LogP contribution in [0.25, 0.3) is 0 Å². The Morgan fingerprint density at radius 1 is 1.07 bits per heavy atom. The summed E-state index contributed by atoms with van der Waals surface area (Å²) in [7, 11) is 0. The maximum Gasteiger partial charge on any atom is 0.157 e. The van der Waals surface area contributed by atoms with Gasteiger partial charge in [-0.3, -0.25) is 0 Å². The molecule has 1 heterocycles. The highest BCUT2D eigenvalue weighted by atomic mass is 19.1. The molecule has 3 saturated carbocycles. The topological polar surface area (TPSA) is 57.2 Å². The quantitative estimate of drug-likeness (QED) is 0.172. The summed E-state index contributed by atoms with van der Waals surface area (Å²) < 4.78 is 39.9. The van der Waals surface area contributed by atoms with E-state index < -0.39 is 18.1 Å². The van der Waals surface area contributed by atoms with Crippen molar-refractivity contribution in [3.05, 3.63) is 11.6 Å². The monoisotopic (exact) mass is 592 g/mol. The zero-order valence-electron chi connectivity index (χ0n) is 27.4. The molecule has 0 aromatic rings. The highest BCUT2D eigenvalue weighted by Gasteiger charge is 2.59. The molecule has 5 aliphatic rings. The molecule has 5 nitrogen and oxygen atoms in total. The molecule has 6 heteroatoms. The van der Waals surface area contributed by atoms with Gasteiger partial charge in [-0.1, -0.05) is 31.9 Å². The number of hydrogen-bond donors (Lipinski definition) is 1. The maximum absolute atomic E-state index is 16.3. The van der Waals surface area contributed by atoms with Crippen LogP contribution in [0.2, 0.25) is 0 Å². The predicted octanol–water partition coefficient (Wildman–Crippen LogP) is 8.38. The third-order valence-corrected chi connectivity index (χ3v) is 12.9. The van der Waals surface area contributed by atoms with Crippen molar-refractivity contribution < 1.29 is 28.4 Å². The Balaban J connectivity index is 1.24. The molecule has 1 N–H and O–H groups in total. The van der Waals surface area contributed by atoms with E-state index in [-0.39, 0.29) is 30.8 Å². The van der Waals surface area contributed by atoms with E-state index in [1.54, 1.807) is 5.57 Å². The summed E-state index contributed by atoms with van der Waals surface area (Å²) in [5, 5.41) is 10.7. The van der Waals surface area contributed by atoms with Crippen LogP contribution in [0.15, 0.2) is 11.6 Å². The van der Waals surface area contributed by atoms with Crippen molar-refractivity contribution in [3.63, 3.8) is 0 Å². The Kier molecular flexibility index (Phi) is 10.8. The largest absolute Gasteiger partial charge is 0.396 e. The first kappa shape index (κ1) is 32.9. The fraction of sp³-hybridized carbons (Fsp3) is 0.944. The molecule has 4 aliphatic carbocycles. The number of halogens is 1. The lowest BCUT2D eigenvalue weighted by Crippen LogP contribution is -2.50. The van der Waals surface area contributed by atoms with Crippen LogP contribution in [0.5, 0.6) is 0 Å². The standard InChI is InChI=1S/C36H61FO5/c1-6-39-25(2)42-36(5,24-41-33-12-8-10-22-40-33)32(37)18-13-26(23-38)29-16-17-30-28-15-14-27-11-7-9-20-34(27,3)31(28)19-21-35(29,30)4/h14,25-26,28-33,38H,6-13,15-24H2,1-5H3/t25?,26-,28-,29+,30-,31-,32?,33?,34-,35+,36?/m0/s1. The van der Waals surface area contributed by atoms with Gasteiger partial charge in [-0.25, -0.2) is 4.39 Å². The first-order chi connectivity index (χ1) is 20.1. The van der Waals surface area contributed by atoms with Crippen LogP contribution >= 0.6 is 0 Å². The zero-order valence-corrected chi connectivity index (χ0v) is 27.4. The van der Waals surface area contributed by atoms with Crippen LogP contribution in [0.3, 0.4) is 0 Å². The molecular weight excluding hydrogens is 531 g/mol. The number of aliphatic hydroxyl groups excluding tert-OH is 1. The molecule has 0 bridgehead atoms. The Hall–Kier alpha value is -0.530. The predicted molar refractivity (Wildman–Crippen MR) is 165 cm³/mol. The molecule has 0 aromatic carbocycles. The van der Waals surface area contributed by atoms with Gasteiger partial charge in [-0.2, -0.15) is 0 Å². The minimum atomic E-state index is -1.23. The fourth-order valence-corrected chi connectivity index (χ4v) is 10.5. The lowest BCUT2D eigenvalue weighted by molar-refractivity contribution is -0.256. The van der Waals surface area contributed by atoms with E-state index in [0.717, 1.165) is 43.4 Å². The van der Waals surface area contributed by atoms with Crippen LogP contribution in [0, 0.1) is 40.4 Å². The Labute approximate surface area is 255 Å². The third-order valence-electron chi connectivity index (χ3n) is 12.9. The smallest absolute Gasteiger partial charge is 0.157 e. The fourth-order valence-electron chi connectivity index (χ4n) is 10.5. The number of aliphatic hydroxyl groups is 1. The van der Waals surface area contributed by atoms with Crippen molar-refractivity contribution in [2.45, 2.75) is 149 Å². The molecule has 42 heavy (non-hydrogen) atoms. The molecule has 11 atom stereocenters. The average molecular weight is 593 g/mol. The molecule has 1 saturated heterocycles. The molecule has 0 amide bonds. The highest BCUT2D eigenvalue weighted by Crippen LogP contribution is 2.67. The Bertz CT molecular complexity index is 905. The van der Waals surface area contributed by atoms with E-state index >= 15 is 4.39 Å². The van der Waals surface area contributed by atoms with Gasteiger partial charge in [0.2, 0.25) is 0 Å². The SMILES string of the molecule is CCOC(C)OC(C)(COC1CCCCO1)C(F)CC[C@@H](CO)[C@H]1CC[C@H]2[C@@H]3CC=C4CCCC[C@]4(C)[C@H]3CC[C@]12C. The molecular formula is C36H61FO5. The summed E-state index contributed by atoms with van der Waals surface area (Å²) in [4.78, 5) is 0. The van der Waals surface area contributed by atoms with Gasteiger partial charge in [0.05, 0.1) is 6.61 Å².